The Hall–Kier alpha value is -1.86. The van der Waals surface area contributed by atoms with Gasteiger partial charge in [0.2, 0.25) is 0 Å². The van der Waals surface area contributed by atoms with E-state index >= 15 is 0 Å². The molecule has 0 bridgehead atoms. The summed E-state index contributed by atoms with van der Waals surface area (Å²) in [5, 5.41) is 13.8. The van der Waals surface area contributed by atoms with Gasteiger partial charge in [0, 0.05) is 32.7 Å². The van der Waals surface area contributed by atoms with Gasteiger partial charge in [0.1, 0.15) is 12.4 Å². The van der Waals surface area contributed by atoms with Gasteiger partial charge in [-0.25, -0.2) is 0 Å². The van der Waals surface area contributed by atoms with E-state index in [0.717, 1.165) is 32.8 Å². The largest absolute Gasteiger partial charge is 0.490 e. The molecule has 0 atom stereocenters. The lowest BCUT2D eigenvalue weighted by Gasteiger charge is -2.26. The van der Waals surface area contributed by atoms with Crippen LogP contribution in [0.3, 0.4) is 0 Å². The van der Waals surface area contributed by atoms with E-state index in [4.69, 9.17) is 9.47 Å². The monoisotopic (exact) mass is 281 g/mol. The summed E-state index contributed by atoms with van der Waals surface area (Å²) in [5.74, 6) is 0.509. The molecule has 20 heavy (non-hydrogen) atoms. The summed E-state index contributed by atoms with van der Waals surface area (Å²) >= 11 is 0. The first-order valence-electron chi connectivity index (χ1n) is 6.60. The average molecular weight is 281 g/mol. The van der Waals surface area contributed by atoms with Gasteiger partial charge < -0.3 is 14.8 Å². The van der Waals surface area contributed by atoms with Gasteiger partial charge in [-0.3, -0.25) is 15.0 Å². The average Bonchev–Trinajstić information content (AvgIpc) is 2.48. The predicted octanol–water partition coefficient (Wildman–Crippen LogP) is 1.35. The number of nitro groups is 1. The topological polar surface area (TPSA) is 76.9 Å². The molecule has 0 saturated carbocycles. The first-order valence-corrected chi connectivity index (χ1v) is 6.60. The summed E-state index contributed by atoms with van der Waals surface area (Å²) in [6, 6.07) is 4.82. The third-order valence-corrected chi connectivity index (χ3v) is 3.22. The lowest BCUT2D eigenvalue weighted by atomic mass is 10.2. The van der Waals surface area contributed by atoms with Crippen LogP contribution < -0.4 is 10.1 Å². The van der Waals surface area contributed by atoms with E-state index in [2.05, 4.69) is 10.2 Å². The molecule has 1 aliphatic rings. The molecular formula is C13H19N3O4. The van der Waals surface area contributed by atoms with E-state index in [1.807, 2.05) is 0 Å². The number of nitro benzene ring substituents is 1. The zero-order valence-corrected chi connectivity index (χ0v) is 11.5. The van der Waals surface area contributed by atoms with Crippen molar-refractivity contribution in [1.29, 1.82) is 0 Å². The van der Waals surface area contributed by atoms with Crippen LogP contribution in [0.5, 0.6) is 5.75 Å². The summed E-state index contributed by atoms with van der Waals surface area (Å²) < 4.78 is 10.9. The van der Waals surface area contributed by atoms with Crippen molar-refractivity contribution < 1.29 is 14.4 Å². The SMILES string of the molecule is CNc1c(OCCN2CCOCC2)cccc1[N+](=O)[O-]. The van der Waals surface area contributed by atoms with Crippen LogP contribution in [0.2, 0.25) is 0 Å². The van der Waals surface area contributed by atoms with Gasteiger partial charge in [-0.15, -0.1) is 0 Å². The van der Waals surface area contributed by atoms with Crippen LogP contribution in [0.15, 0.2) is 18.2 Å². The Balaban J connectivity index is 1.94. The fourth-order valence-electron chi connectivity index (χ4n) is 2.15. The second kappa shape index (κ2) is 7.06. The van der Waals surface area contributed by atoms with Gasteiger partial charge in [0.15, 0.2) is 5.69 Å². The molecular weight excluding hydrogens is 262 g/mol. The molecule has 0 aliphatic carbocycles. The van der Waals surface area contributed by atoms with Crippen molar-refractivity contribution in [3.8, 4) is 5.75 Å². The molecule has 7 heteroatoms. The minimum atomic E-state index is -0.416. The number of rotatable bonds is 6. The maximum atomic E-state index is 10.9. The van der Waals surface area contributed by atoms with E-state index in [0.29, 0.717) is 18.0 Å². The summed E-state index contributed by atoms with van der Waals surface area (Å²) in [6.45, 7) is 4.58. The first kappa shape index (κ1) is 14.5. The van der Waals surface area contributed by atoms with Gasteiger partial charge in [-0.05, 0) is 6.07 Å². The highest BCUT2D eigenvalue weighted by Crippen LogP contribution is 2.33. The van der Waals surface area contributed by atoms with Crippen molar-refractivity contribution >= 4 is 11.4 Å². The van der Waals surface area contributed by atoms with Gasteiger partial charge in [-0.2, -0.15) is 0 Å². The summed E-state index contributed by atoms with van der Waals surface area (Å²) in [6.07, 6.45) is 0. The van der Waals surface area contributed by atoms with Crippen molar-refractivity contribution in [3.63, 3.8) is 0 Å². The van der Waals surface area contributed by atoms with Crippen molar-refractivity contribution in [3.05, 3.63) is 28.3 Å². The molecule has 110 valence electrons. The number of hydrogen-bond donors (Lipinski definition) is 1. The first-order chi connectivity index (χ1) is 9.72. The zero-order chi connectivity index (χ0) is 14.4. The minimum absolute atomic E-state index is 0.0244. The molecule has 0 radical (unpaired) electrons. The maximum absolute atomic E-state index is 10.9. The Morgan fingerprint density at radius 2 is 2.20 bits per heavy atom. The number of ether oxygens (including phenoxy) is 2. The van der Waals surface area contributed by atoms with E-state index < -0.39 is 4.92 Å². The number of para-hydroxylation sites is 1. The molecule has 7 nitrogen and oxygen atoms in total. The zero-order valence-electron chi connectivity index (χ0n) is 11.5. The molecule has 1 fully saturated rings. The molecule has 0 amide bonds. The quantitative estimate of drug-likeness (QED) is 0.626. The van der Waals surface area contributed by atoms with E-state index in [1.165, 1.54) is 6.07 Å². The fourth-order valence-corrected chi connectivity index (χ4v) is 2.15. The van der Waals surface area contributed by atoms with Crippen molar-refractivity contribution in [2.45, 2.75) is 0 Å². The third kappa shape index (κ3) is 3.58. The molecule has 2 rings (SSSR count). The highest BCUT2D eigenvalue weighted by molar-refractivity contribution is 5.69. The van der Waals surface area contributed by atoms with Crippen LogP contribution in [0.4, 0.5) is 11.4 Å². The third-order valence-electron chi connectivity index (χ3n) is 3.22. The number of benzene rings is 1. The minimum Gasteiger partial charge on any atom is -0.490 e. The molecule has 1 aromatic carbocycles. The van der Waals surface area contributed by atoms with E-state index in [-0.39, 0.29) is 5.69 Å². The van der Waals surface area contributed by atoms with E-state index in [9.17, 15) is 10.1 Å². The maximum Gasteiger partial charge on any atom is 0.296 e. The molecule has 0 aromatic heterocycles. The Kier molecular flexibility index (Phi) is 5.14. The molecule has 1 aliphatic heterocycles. The standard InChI is InChI=1S/C13H19N3O4/c1-14-13-11(16(17)18)3-2-4-12(13)20-10-7-15-5-8-19-9-6-15/h2-4,14H,5-10H2,1H3. The van der Waals surface area contributed by atoms with E-state index in [1.54, 1.807) is 19.2 Å². The van der Waals surface area contributed by atoms with Crippen molar-refractivity contribution in [2.75, 3.05) is 51.8 Å². The lowest BCUT2D eigenvalue weighted by molar-refractivity contribution is -0.384. The van der Waals surface area contributed by atoms with Crippen LogP contribution in [-0.2, 0) is 4.74 Å². The summed E-state index contributed by atoms with van der Waals surface area (Å²) in [4.78, 5) is 12.8. The second-order valence-corrected chi connectivity index (χ2v) is 4.46. The fraction of sp³-hybridized carbons (Fsp3) is 0.538. The summed E-state index contributed by atoms with van der Waals surface area (Å²) in [7, 11) is 1.65. The Morgan fingerprint density at radius 3 is 2.85 bits per heavy atom. The highest BCUT2D eigenvalue weighted by atomic mass is 16.6. The Morgan fingerprint density at radius 1 is 1.45 bits per heavy atom. The lowest BCUT2D eigenvalue weighted by Crippen LogP contribution is -2.38. The Bertz CT molecular complexity index is 461. The molecule has 1 saturated heterocycles. The number of anilines is 1. The highest BCUT2D eigenvalue weighted by Gasteiger charge is 2.17. The molecule has 1 N–H and O–H groups in total. The number of morpholine rings is 1. The van der Waals surface area contributed by atoms with Crippen LogP contribution in [0.1, 0.15) is 0 Å². The molecule has 1 heterocycles. The van der Waals surface area contributed by atoms with Crippen molar-refractivity contribution in [1.82, 2.24) is 4.90 Å². The number of nitrogens with zero attached hydrogens (tertiary/aromatic N) is 2. The van der Waals surface area contributed by atoms with Crippen LogP contribution >= 0.6 is 0 Å². The molecule has 0 spiro atoms. The van der Waals surface area contributed by atoms with Crippen LogP contribution in [0, 0.1) is 10.1 Å². The van der Waals surface area contributed by atoms with Crippen LogP contribution in [0.25, 0.3) is 0 Å². The van der Waals surface area contributed by atoms with Crippen LogP contribution in [-0.4, -0.2) is 56.3 Å². The van der Waals surface area contributed by atoms with Gasteiger partial charge >= 0.3 is 0 Å². The Labute approximate surface area is 117 Å². The van der Waals surface area contributed by atoms with Gasteiger partial charge in [0.25, 0.3) is 5.69 Å². The van der Waals surface area contributed by atoms with Crippen molar-refractivity contribution in [2.24, 2.45) is 0 Å². The van der Waals surface area contributed by atoms with Gasteiger partial charge in [-0.1, -0.05) is 6.07 Å². The normalized spacial score (nSPS) is 15.8. The number of hydrogen-bond acceptors (Lipinski definition) is 6. The smallest absolute Gasteiger partial charge is 0.296 e. The second-order valence-electron chi connectivity index (χ2n) is 4.46. The number of nitrogens with one attached hydrogen (secondary N) is 1. The molecule has 0 unspecified atom stereocenters. The summed E-state index contributed by atoms with van der Waals surface area (Å²) in [5.41, 5.74) is 0.441. The van der Waals surface area contributed by atoms with Gasteiger partial charge in [0.05, 0.1) is 18.1 Å². The molecule has 1 aromatic rings. The predicted molar refractivity (Wildman–Crippen MR) is 75.4 cm³/mol.